The van der Waals surface area contributed by atoms with Crippen molar-refractivity contribution in [2.24, 2.45) is 0 Å². The van der Waals surface area contributed by atoms with Crippen LogP contribution in [0.5, 0.6) is 11.5 Å². The second-order valence-electron chi connectivity index (χ2n) is 3.59. The van der Waals surface area contributed by atoms with E-state index in [-0.39, 0.29) is 27.9 Å². The number of rotatable bonds is 8. The Morgan fingerprint density at radius 2 is 2.06 bits per heavy atom. The Labute approximate surface area is 119 Å². The van der Waals surface area contributed by atoms with Crippen LogP contribution in [0.3, 0.4) is 0 Å². The fraction of sp³-hybridized carbons (Fsp3) is 0.538. The molecule has 1 aromatic rings. The van der Waals surface area contributed by atoms with Crippen LogP contribution in [0.25, 0.3) is 0 Å². The molecular formula is C13H20IO4-. The van der Waals surface area contributed by atoms with Gasteiger partial charge in [-0.25, -0.2) is 0 Å². The number of hydrogen-bond acceptors (Lipinski definition) is 4. The first kappa shape index (κ1) is 15.5. The van der Waals surface area contributed by atoms with Crippen molar-refractivity contribution in [1.29, 1.82) is 0 Å². The monoisotopic (exact) mass is 367 g/mol. The predicted octanol–water partition coefficient (Wildman–Crippen LogP) is -0.393. The third-order valence-corrected chi connectivity index (χ3v) is 3.09. The van der Waals surface area contributed by atoms with Crippen LogP contribution in [-0.4, -0.2) is 24.9 Å². The Hall–Kier alpha value is -0.530. The zero-order valence-corrected chi connectivity index (χ0v) is 13.4. The number of halogens is 1. The van der Waals surface area contributed by atoms with Gasteiger partial charge in [-0.3, -0.25) is 0 Å². The Bertz CT molecular complexity index is 357. The second-order valence-corrected chi connectivity index (χ2v) is 4.91. The van der Waals surface area contributed by atoms with Gasteiger partial charge in [0.2, 0.25) is 0 Å². The molecule has 0 N–H and O–H groups in total. The average molecular weight is 367 g/mol. The van der Waals surface area contributed by atoms with Gasteiger partial charge in [0.25, 0.3) is 0 Å². The zero-order chi connectivity index (χ0) is 13.4. The molecule has 0 saturated carbocycles. The van der Waals surface area contributed by atoms with Gasteiger partial charge in [0, 0.05) is 0 Å². The van der Waals surface area contributed by atoms with E-state index in [9.17, 15) is 0 Å². The molecule has 0 aliphatic rings. The minimum atomic E-state index is -0.306. The van der Waals surface area contributed by atoms with Crippen LogP contribution >= 0.6 is 0 Å². The zero-order valence-electron chi connectivity index (χ0n) is 11.2. The number of alkyl halides is 1. The van der Waals surface area contributed by atoms with Crippen LogP contribution in [0, 0.1) is 0 Å². The molecule has 0 amide bonds. The topological polar surface area (TPSA) is 36.9 Å². The van der Waals surface area contributed by atoms with Gasteiger partial charge in [-0.15, -0.1) is 0 Å². The Morgan fingerprint density at radius 3 is 2.67 bits per heavy atom. The molecule has 5 heteroatoms. The van der Waals surface area contributed by atoms with Gasteiger partial charge in [-0.1, -0.05) is 0 Å². The van der Waals surface area contributed by atoms with E-state index in [1.807, 2.05) is 32.0 Å². The van der Waals surface area contributed by atoms with Crippen molar-refractivity contribution in [3.8, 4) is 11.5 Å². The van der Waals surface area contributed by atoms with Gasteiger partial charge in [-0.2, -0.15) is 0 Å². The molecular weight excluding hydrogens is 347 g/mol. The summed E-state index contributed by atoms with van der Waals surface area (Å²) in [5, 5.41) is 0. The molecule has 1 unspecified atom stereocenters. The summed E-state index contributed by atoms with van der Waals surface area (Å²) in [7, 11) is 1.68. The van der Waals surface area contributed by atoms with Crippen molar-refractivity contribution in [2.75, 3.05) is 18.6 Å². The fourth-order valence-electron chi connectivity index (χ4n) is 1.50. The first-order valence-electron chi connectivity index (χ1n) is 5.77. The Balaban J connectivity index is 2.81. The van der Waals surface area contributed by atoms with Crippen LogP contribution in [0.1, 0.15) is 19.4 Å². The first-order chi connectivity index (χ1) is 8.71. The van der Waals surface area contributed by atoms with Crippen molar-refractivity contribution in [2.45, 2.75) is 26.7 Å². The van der Waals surface area contributed by atoms with E-state index < -0.39 is 0 Å². The fourth-order valence-corrected chi connectivity index (χ4v) is 2.32. The van der Waals surface area contributed by atoms with Gasteiger partial charge in [0.05, 0.1) is 0 Å². The molecule has 0 bridgehead atoms. The number of ether oxygens (including phenoxy) is 3. The molecule has 0 fully saturated rings. The van der Waals surface area contributed by atoms with E-state index >= 15 is 0 Å². The molecule has 1 aromatic carbocycles. The molecule has 0 aliphatic heterocycles. The molecule has 0 spiro atoms. The third kappa shape index (κ3) is 4.99. The summed E-state index contributed by atoms with van der Waals surface area (Å²) in [6.07, 6.45) is -0.277. The molecule has 0 radical (unpaired) electrons. The number of hydrogen-bond donors (Lipinski definition) is 0. The van der Waals surface area contributed by atoms with Crippen molar-refractivity contribution in [3.63, 3.8) is 0 Å². The third-order valence-electron chi connectivity index (χ3n) is 2.17. The van der Waals surface area contributed by atoms with Crippen molar-refractivity contribution in [1.82, 2.24) is 0 Å². The summed E-state index contributed by atoms with van der Waals surface area (Å²) in [4.78, 5) is 2.05. The Morgan fingerprint density at radius 1 is 1.28 bits per heavy atom. The molecule has 1 atom stereocenters. The molecule has 104 valence electrons. The van der Waals surface area contributed by atoms with Gasteiger partial charge in [-0.05, 0) is 0 Å². The van der Waals surface area contributed by atoms with Gasteiger partial charge >= 0.3 is 120 Å². The average Bonchev–Trinajstić information content (AvgIpc) is 2.33. The Kier molecular flexibility index (Phi) is 7.38. The number of methoxy groups -OCH3 is 1. The first-order valence-corrected chi connectivity index (χ1v) is 8.81. The SMILES string of the molecule is CCOC(C)Oc1ccc(COC)cc1O[I-]C. The molecule has 0 aromatic heterocycles. The summed E-state index contributed by atoms with van der Waals surface area (Å²) < 4.78 is 21.8. The number of benzene rings is 1. The summed E-state index contributed by atoms with van der Waals surface area (Å²) in [6, 6.07) is 5.83. The molecule has 4 nitrogen and oxygen atoms in total. The molecule has 0 saturated heterocycles. The summed E-state index contributed by atoms with van der Waals surface area (Å²) >= 11 is -0.306. The maximum atomic E-state index is 5.70. The van der Waals surface area contributed by atoms with Crippen molar-refractivity contribution >= 4 is 0 Å². The van der Waals surface area contributed by atoms with E-state index in [0.29, 0.717) is 13.2 Å². The predicted molar refractivity (Wildman–Crippen MR) is 65.4 cm³/mol. The summed E-state index contributed by atoms with van der Waals surface area (Å²) in [5.41, 5.74) is 1.07. The molecule has 0 heterocycles. The van der Waals surface area contributed by atoms with E-state index in [0.717, 1.165) is 17.1 Å². The summed E-state index contributed by atoms with van der Waals surface area (Å²) in [5.74, 6) is 1.49. The quantitative estimate of drug-likeness (QED) is 0.356. The molecule has 18 heavy (non-hydrogen) atoms. The van der Waals surface area contributed by atoms with Crippen molar-refractivity contribution < 1.29 is 38.9 Å². The van der Waals surface area contributed by atoms with Crippen LogP contribution in [-0.2, 0) is 16.1 Å². The van der Waals surface area contributed by atoms with E-state index in [1.54, 1.807) is 7.11 Å². The van der Waals surface area contributed by atoms with Crippen molar-refractivity contribution in [3.05, 3.63) is 23.8 Å². The molecule has 0 aliphatic carbocycles. The van der Waals surface area contributed by atoms with Crippen LogP contribution in [0.15, 0.2) is 18.2 Å². The van der Waals surface area contributed by atoms with Crippen LogP contribution in [0.2, 0.25) is 0 Å². The van der Waals surface area contributed by atoms with Crippen LogP contribution in [0.4, 0.5) is 0 Å². The summed E-state index contributed by atoms with van der Waals surface area (Å²) in [6.45, 7) is 5.01. The van der Waals surface area contributed by atoms with E-state index in [4.69, 9.17) is 17.3 Å². The maximum absolute atomic E-state index is 5.70. The van der Waals surface area contributed by atoms with Gasteiger partial charge in [0.1, 0.15) is 0 Å². The van der Waals surface area contributed by atoms with E-state index in [2.05, 4.69) is 4.93 Å². The second kappa shape index (κ2) is 8.55. The van der Waals surface area contributed by atoms with E-state index in [1.165, 1.54) is 0 Å². The standard InChI is InChI=1S/C13H20IO4/c1-5-16-10(2)17-12-7-6-11(9-15-4)8-13(12)18-14-3/h6-8,10H,5,9H2,1-4H3/q-1. The molecule has 1 rings (SSSR count). The van der Waals surface area contributed by atoms with Gasteiger partial charge < -0.3 is 0 Å². The minimum absolute atomic E-state index is 0.277. The van der Waals surface area contributed by atoms with Crippen LogP contribution < -0.4 is 29.4 Å². The normalized spacial score (nSPS) is 12.4. The van der Waals surface area contributed by atoms with Gasteiger partial charge in [0.15, 0.2) is 0 Å².